The summed E-state index contributed by atoms with van der Waals surface area (Å²) in [5.74, 6) is 5.21. The topological polar surface area (TPSA) is 38.0 Å². The largest absolute Gasteiger partial charge is 0.389 e. The van der Waals surface area contributed by atoms with E-state index in [2.05, 4.69) is 5.43 Å². The van der Waals surface area contributed by atoms with Crippen LogP contribution in [0.5, 0.6) is 0 Å². The molecular formula is C7H15F3N2. The van der Waals surface area contributed by atoms with E-state index < -0.39 is 12.6 Å². The summed E-state index contributed by atoms with van der Waals surface area (Å²) in [5, 5.41) is 0. The molecule has 12 heavy (non-hydrogen) atoms. The minimum Gasteiger partial charge on any atom is -0.271 e. The summed E-state index contributed by atoms with van der Waals surface area (Å²) in [6, 6.07) is -0.258. The third-order valence-electron chi connectivity index (χ3n) is 1.76. The maximum absolute atomic E-state index is 11.7. The van der Waals surface area contributed by atoms with Crippen LogP contribution in [0, 0.1) is 5.92 Å². The smallest absolute Gasteiger partial charge is 0.271 e. The lowest BCUT2D eigenvalue weighted by atomic mass is 10.00. The van der Waals surface area contributed by atoms with E-state index in [4.69, 9.17) is 5.84 Å². The molecule has 0 aromatic carbocycles. The molecule has 0 saturated heterocycles. The fourth-order valence-electron chi connectivity index (χ4n) is 0.928. The maximum Gasteiger partial charge on any atom is 0.389 e. The Balaban J connectivity index is 3.73. The zero-order valence-electron chi connectivity index (χ0n) is 7.28. The third-order valence-corrected chi connectivity index (χ3v) is 1.76. The molecule has 0 aromatic heterocycles. The maximum atomic E-state index is 11.7. The molecule has 0 aliphatic rings. The lowest BCUT2D eigenvalue weighted by Gasteiger charge is -2.20. The second kappa shape index (κ2) is 4.67. The van der Waals surface area contributed by atoms with Gasteiger partial charge in [-0.3, -0.25) is 11.3 Å². The molecule has 5 heteroatoms. The van der Waals surface area contributed by atoms with Gasteiger partial charge in [0.2, 0.25) is 0 Å². The van der Waals surface area contributed by atoms with E-state index in [0.717, 1.165) is 0 Å². The lowest BCUT2D eigenvalue weighted by Crippen LogP contribution is -2.39. The first kappa shape index (κ1) is 11.7. The Labute approximate surface area is 70.3 Å². The van der Waals surface area contributed by atoms with Gasteiger partial charge in [0.05, 0.1) is 0 Å². The number of nitrogens with two attached hydrogens (primary N) is 1. The molecule has 0 rings (SSSR count). The molecule has 1 unspecified atom stereocenters. The number of hydrogen-bond donors (Lipinski definition) is 2. The van der Waals surface area contributed by atoms with Gasteiger partial charge in [-0.1, -0.05) is 13.8 Å². The van der Waals surface area contributed by atoms with Crippen molar-refractivity contribution < 1.29 is 13.2 Å². The van der Waals surface area contributed by atoms with Crippen LogP contribution in [0.25, 0.3) is 0 Å². The van der Waals surface area contributed by atoms with Gasteiger partial charge in [-0.15, -0.1) is 0 Å². The molecule has 0 aliphatic heterocycles. The number of hydrogen-bond acceptors (Lipinski definition) is 2. The van der Waals surface area contributed by atoms with Gasteiger partial charge in [0, 0.05) is 12.5 Å². The number of halogens is 3. The predicted molar refractivity (Wildman–Crippen MR) is 41.2 cm³/mol. The zero-order chi connectivity index (χ0) is 9.78. The molecule has 0 aromatic rings. The third kappa shape index (κ3) is 5.37. The zero-order valence-corrected chi connectivity index (χ0v) is 7.28. The van der Waals surface area contributed by atoms with E-state index in [9.17, 15) is 13.2 Å². The molecule has 74 valence electrons. The first-order valence-corrected chi connectivity index (χ1v) is 3.89. The summed E-state index contributed by atoms with van der Waals surface area (Å²) in [6.45, 7) is 3.67. The summed E-state index contributed by atoms with van der Waals surface area (Å²) in [7, 11) is 0. The van der Waals surface area contributed by atoms with E-state index in [1.54, 1.807) is 0 Å². The van der Waals surface area contributed by atoms with Crippen molar-refractivity contribution in [2.24, 2.45) is 11.8 Å². The van der Waals surface area contributed by atoms with Crippen molar-refractivity contribution in [3.8, 4) is 0 Å². The van der Waals surface area contributed by atoms with Crippen LogP contribution in [0.2, 0.25) is 0 Å². The Morgan fingerprint density at radius 1 is 1.33 bits per heavy atom. The summed E-state index contributed by atoms with van der Waals surface area (Å²) in [4.78, 5) is 0. The van der Waals surface area contributed by atoms with Crippen LogP contribution in [0.15, 0.2) is 0 Å². The Morgan fingerprint density at radius 2 is 1.83 bits per heavy atom. The van der Waals surface area contributed by atoms with Crippen molar-refractivity contribution in [1.82, 2.24) is 5.43 Å². The minimum absolute atomic E-state index is 0.0394. The molecule has 0 saturated carbocycles. The van der Waals surface area contributed by atoms with Crippen LogP contribution in [0.3, 0.4) is 0 Å². The molecule has 0 aliphatic carbocycles. The van der Waals surface area contributed by atoms with Gasteiger partial charge >= 0.3 is 6.18 Å². The lowest BCUT2D eigenvalue weighted by molar-refractivity contribution is -0.137. The Morgan fingerprint density at radius 3 is 2.08 bits per heavy atom. The highest BCUT2D eigenvalue weighted by molar-refractivity contribution is 4.69. The highest BCUT2D eigenvalue weighted by Crippen LogP contribution is 2.23. The van der Waals surface area contributed by atoms with Crippen molar-refractivity contribution in [3.63, 3.8) is 0 Å². The first-order valence-electron chi connectivity index (χ1n) is 3.89. The van der Waals surface area contributed by atoms with Crippen molar-refractivity contribution in [2.75, 3.05) is 0 Å². The van der Waals surface area contributed by atoms with Gasteiger partial charge < -0.3 is 0 Å². The van der Waals surface area contributed by atoms with Gasteiger partial charge in [0.1, 0.15) is 0 Å². The van der Waals surface area contributed by atoms with Gasteiger partial charge in [-0.05, 0) is 12.3 Å². The normalized spacial score (nSPS) is 15.2. The van der Waals surface area contributed by atoms with E-state index in [0.29, 0.717) is 0 Å². The van der Waals surface area contributed by atoms with Crippen LogP contribution in [0.1, 0.15) is 26.7 Å². The Kier molecular flexibility index (Phi) is 4.55. The minimum atomic E-state index is -4.08. The summed E-state index contributed by atoms with van der Waals surface area (Å²) in [5.41, 5.74) is 2.37. The molecule has 0 spiro atoms. The molecule has 2 nitrogen and oxygen atoms in total. The molecule has 3 N–H and O–H groups in total. The molecule has 0 heterocycles. The highest BCUT2D eigenvalue weighted by atomic mass is 19.4. The highest BCUT2D eigenvalue weighted by Gasteiger charge is 2.28. The molecule has 0 bridgehead atoms. The van der Waals surface area contributed by atoms with Crippen LogP contribution in [-0.2, 0) is 0 Å². The van der Waals surface area contributed by atoms with Gasteiger partial charge in [0.15, 0.2) is 0 Å². The summed E-state index contributed by atoms with van der Waals surface area (Å²) < 4.78 is 35.2. The standard InChI is InChI=1S/C7H15F3N2/c1-5(2)6(12-11)3-4-7(8,9)10/h5-6,12H,3-4,11H2,1-2H3. The second-order valence-corrected chi connectivity index (χ2v) is 3.17. The molecule has 0 radical (unpaired) electrons. The van der Waals surface area contributed by atoms with Crippen molar-refractivity contribution in [2.45, 2.75) is 38.9 Å². The molecule has 0 amide bonds. The molecular weight excluding hydrogens is 169 g/mol. The van der Waals surface area contributed by atoms with Gasteiger partial charge in [0.25, 0.3) is 0 Å². The fraction of sp³-hybridized carbons (Fsp3) is 1.00. The Hall–Kier alpha value is -0.290. The van der Waals surface area contributed by atoms with E-state index in [-0.39, 0.29) is 18.4 Å². The SMILES string of the molecule is CC(C)C(CCC(F)(F)F)NN. The number of rotatable bonds is 4. The second-order valence-electron chi connectivity index (χ2n) is 3.17. The first-order chi connectivity index (χ1) is 5.37. The van der Waals surface area contributed by atoms with Crippen LogP contribution < -0.4 is 11.3 Å². The molecule has 1 atom stereocenters. The predicted octanol–water partition coefficient (Wildman–Crippen LogP) is 1.82. The number of hydrazine groups is 1. The van der Waals surface area contributed by atoms with Crippen molar-refractivity contribution in [1.29, 1.82) is 0 Å². The van der Waals surface area contributed by atoms with Crippen LogP contribution >= 0.6 is 0 Å². The van der Waals surface area contributed by atoms with E-state index in [1.165, 1.54) is 0 Å². The van der Waals surface area contributed by atoms with Crippen molar-refractivity contribution >= 4 is 0 Å². The summed E-state index contributed by atoms with van der Waals surface area (Å²) in [6.07, 6.45) is -4.82. The van der Waals surface area contributed by atoms with Crippen molar-refractivity contribution in [3.05, 3.63) is 0 Å². The monoisotopic (exact) mass is 184 g/mol. The van der Waals surface area contributed by atoms with Gasteiger partial charge in [-0.25, -0.2) is 0 Å². The number of nitrogens with one attached hydrogen (secondary N) is 1. The quantitative estimate of drug-likeness (QED) is 0.516. The van der Waals surface area contributed by atoms with Crippen LogP contribution in [0.4, 0.5) is 13.2 Å². The van der Waals surface area contributed by atoms with Crippen LogP contribution in [-0.4, -0.2) is 12.2 Å². The van der Waals surface area contributed by atoms with E-state index >= 15 is 0 Å². The summed E-state index contributed by atoms with van der Waals surface area (Å²) >= 11 is 0. The number of alkyl halides is 3. The Bertz CT molecular complexity index is 122. The van der Waals surface area contributed by atoms with E-state index in [1.807, 2.05) is 13.8 Å². The molecule has 0 fully saturated rings. The average molecular weight is 184 g/mol. The fourth-order valence-corrected chi connectivity index (χ4v) is 0.928. The van der Waals surface area contributed by atoms with Gasteiger partial charge in [-0.2, -0.15) is 13.2 Å². The average Bonchev–Trinajstić information content (AvgIpc) is 1.85.